The topological polar surface area (TPSA) is 26.0 Å². The summed E-state index contributed by atoms with van der Waals surface area (Å²) >= 11 is 0. The maximum absolute atomic E-state index is 5.41. The lowest BCUT2D eigenvalue weighted by molar-refractivity contribution is 0.894. The second-order valence-corrected chi connectivity index (χ2v) is 2.24. The van der Waals surface area contributed by atoms with Gasteiger partial charge >= 0.3 is 0 Å². The fraction of sp³-hybridized carbons (Fsp3) is 0.556. The van der Waals surface area contributed by atoms with Crippen LogP contribution in [-0.4, -0.2) is 6.54 Å². The Morgan fingerprint density at radius 2 is 2.20 bits per heavy atom. The number of nitrogens with two attached hydrogens (primary N) is 1. The Labute approximate surface area is 63.6 Å². The normalized spacial score (nSPS) is 12.9. The standard InChI is InChI=1S/C9H17N/c1-3-5-6-9(4-2)7-8-10/h3,5-6H,4,7-8,10H2,1-2H3/b5-3-,9-6+. The van der Waals surface area contributed by atoms with Crippen molar-refractivity contribution in [1.29, 1.82) is 0 Å². The van der Waals surface area contributed by atoms with E-state index in [1.165, 1.54) is 5.57 Å². The highest BCUT2D eigenvalue weighted by atomic mass is 14.5. The van der Waals surface area contributed by atoms with Crippen LogP contribution in [0, 0.1) is 0 Å². The molecule has 0 aromatic carbocycles. The Kier molecular flexibility index (Phi) is 6.19. The van der Waals surface area contributed by atoms with Gasteiger partial charge < -0.3 is 5.73 Å². The second kappa shape index (κ2) is 6.56. The van der Waals surface area contributed by atoms with E-state index < -0.39 is 0 Å². The van der Waals surface area contributed by atoms with Crippen LogP contribution in [0.5, 0.6) is 0 Å². The third-order valence-electron chi connectivity index (χ3n) is 1.44. The van der Waals surface area contributed by atoms with Crippen LogP contribution in [0.1, 0.15) is 26.7 Å². The van der Waals surface area contributed by atoms with Gasteiger partial charge in [-0.15, -0.1) is 0 Å². The molecule has 0 heterocycles. The lowest BCUT2D eigenvalue weighted by Gasteiger charge is -1.98. The van der Waals surface area contributed by atoms with Crippen molar-refractivity contribution >= 4 is 0 Å². The Morgan fingerprint density at radius 1 is 1.50 bits per heavy atom. The fourth-order valence-electron chi connectivity index (χ4n) is 0.796. The molecule has 0 atom stereocenters. The molecule has 0 saturated carbocycles. The van der Waals surface area contributed by atoms with Gasteiger partial charge in [0.15, 0.2) is 0 Å². The fourth-order valence-corrected chi connectivity index (χ4v) is 0.796. The minimum atomic E-state index is 0.761. The van der Waals surface area contributed by atoms with Gasteiger partial charge in [-0.2, -0.15) is 0 Å². The molecule has 0 unspecified atom stereocenters. The summed E-state index contributed by atoms with van der Waals surface area (Å²) in [4.78, 5) is 0. The molecule has 0 saturated heterocycles. The molecule has 0 amide bonds. The predicted molar refractivity (Wildman–Crippen MR) is 46.9 cm³/mol. The van der Waals surface area contributed by atoms with Crippen molar-refractivity contribution in [3.63, 3.8) is 0 Å². The zero-order chi connectivity index (χ0) is 7.82. The van der Waals surface area contributed by atoms with Gasteiger partial charge in [0.05, 0.1) is 0 Å². The van der Waals surface area contributed by atoms with Crippen LogP contribution in [0.25, 0.3) is 0 Å². The number of allylic oxidation sites excluding steroid dienone is 3. The monoisotopic (exact) mass is 139 g/mol. The molecule has 0 bridgehead atoms. The summed E-state index contributed by atoms with van der Waals surface area (Å²) in [5.41, 5.74) is 6.84. The zero-order valence-electron chi connectivity index (χ0n) is 6.93. The molecule has 0 aliphatic heterocycles. The van der Waals surface area contributed by atoms with Crippen molar-refractivity contribution in [2.24, 2.45) is 5.73 Å². The van der Waals surface area contributed by atoms with Crippen molar-refractivity contribution in [2.75, 3.05) is 6.54 Å². The first kappa shape index (κ1) is 9.44. The van der Waals surface area contributed by atoms with Gasteiger partial charge in [-0.3, -0.25) is 0 Å². The molecule has 1 heteroatoms. The van der Waals surface area contributed by atoms with E-state index in [-0.39, 0.29) is 0 Å². The van der Waals surface area contributed by atoms with Crippen molar-refractivity contribution in [2.45, 2.75) is 26.7 Å². The smallest absolute Gasteiger partial charge is 0.00398 e. The molecule has 0 aliphatic rings. The summed E-state index contributed by atoms with van der Waals surface area (Å²) in [5, 5.41) is 0. The summed E-state index contributed by atoms with van der Waals surface area (Å²) in [6, 6.07) is 0. The van der Waals surface area contributed by atoms with Gasteiger partial charge in [0.1, 0.15) is 0 Å². The first-order chi connectivity index (χ1) is 4.85. The maximum atomic E-state index is 5.41. The van der Waals surface area contributed by atoms with Crippen molar-refractivity contribution in [1.82, 2.24) is 0 Å². The average Bonchev–Trinajstić information content (AvgIpc) is 1.98. The van der Waals surface area contributed by atoms with E-state index in [1.807, 2.05) is 13.0 Å². The Bertz CT molecular complexity index is 123. The highest BCUT2D eigenvalue weighted by Crippen LogP contribution is 2.04. The minimum absolute atomic E-state index is 0.761. The molecule has 10 heavy (non-hydrogen) atoms. The van der Waals surface area contributed by atoms with Crippen LogP contribution in [0.3, 0.4) is 0 Å². The Hall–Kier alpha value is -0.560. The molecule has 58 valence electrons. The van der Waals surface area contributed by atoms with E-state index in [9.17, 15) is 0 Å². The third-order valence-corrected chi connectivity index (χ3v) is 1.44. The second-order valence-electron chi connectivity index (χ2n) is 2.24. The van der Waals surface area contributed by atoms with E-state index in [0.29, 0.717) is 0 Å². The first-order valence-corrected chi connectivity index (χ1v) is 3.86. The Balaban J connectivity index is 3.78. The molecule has 0 aromatic heterocycles. The van der Waals surface area contributed by atoms with Gasteiger partial charge in [-0.25, -0.2) is 0 Å². The lowest BCUT2D eigenvalue weighted by Crippen LogP contribution is -1.99. The highest BCUT2D eigenvalue weighted by Gasteiger charge is 1.88. The van der Waals surface area contributed by atoms with Crippen molar-refractivity contribution in [3.8, 4) is 0 Å². The van der Waals surface area contributed by atoms with Crippen LogP contribution in [0.4, 0.5) is 0 Å². The van der Waals surface area contributed by atoms with Crippen molar-refractivity contribution in [3.05, 3.63) is 23.8 Å². The van der Waals surface area contributed by atoms with Gasteiger partial charge in [-0.1, -0.05) is 30.7 Å². The van der Waals surface area contributed by atoms with Gasteiger partial charge in [-0.05, 0) is 26.3 Å². The number of hydrogen-bond donors (Lipinski definition) is 1. The van der Waals surface area contributed by atoms with E-state index >= 15 is 0 Å². The predicted octanol–water partition coefficient (Wildman–Crippen LogP) is 2.25. The SMILES string of the molecule is C/C=C\C=C(/CC)CCN. The molecule has 0 radical (unpaired) electrons. The van der Waals surface area contributed by atoms with E-state index in [1.54, 1.807) is 0 Å². The van der Waals surface area contributed by atoms with Gasteiger partial charge in [0, 0.05) is 0 Å². The molecule has 0 rings (SSSR count). The Morgan fingerprint density at radius 3 is 2.60 bits per heavy atom. The lowest BCUT2D eigenvalue weighted by atomic mass is 10.1. The number of hydrogen-bond acceptors (Lipinski definition) is 1. The van der Waals surface area contributed by atoms with Crippen LogP contribution >= 0.6 is 0 Å². The summed E-state index contributed by atoms with van der Waals surface area (Å²) in [6.45, 7) is 4.94. The quantitative estimate of drug-likeness (QED) is 0.594. The van der Waals surface area contributed by atoms with E-state index in [0.717, 1.165) is 19.4 Å². The van der Waals surface area contributed by atoms with Gasteiger partial charge in [0.25, 0.3) is 0 Å². The maximum Gasteiger partial charge on any atom is -0.00398 e. The summed E-state index contributed by atoms with van der Waals surface area (Å²) < 4.78 is 0. The van der Waals surface area contributed by atoms with Gasteiger partial charge in [0.2, 0.25) is 0 Å². The van der Waals surface area contributed by atoms with Crippen LogP contribution in [-0.2, 0) is 0 Å². The number of rotatable bonds is 4. The molecule has 1 nitrogen and oxygen atoms in total. The van der Waals surface area contributed by atoms with Crippen LogP contribution in [0.15, 0.2) is 23.8 Å². The molecular weight excluding hydrogens is 122 g/mol. The molecule has 0 aromatic rings. The first-order valence-electron chi connectivity index (χ1n) is 3.86. The molecule has 0 aliphatic carbocycles. The van der Waals surface area contributed by atoms with Crippen LogP contribution < -0.4 is 5.73 Å². The molecule has 0 spiro atoms. The largest absolute Gasteiger partial charge is 0.330 e. The minimum Gasteiger partial charge on any atom is -0.330 e. The molecule has 0 fully saturated rings. The van der Waals surface area contributed by atoms with E-state index in [4.69, 9.17) is 5.73 Å². The third kappa shape index (κ3) is 4.33. The van der Waals surface area contributed by atoms with Crippen molar-refractivity contribution < 1.29 is 0 Å². The molecule has 2 N–H and O–H groups in total. The highest BCUT2D eigenvalue weighted by molar-refractivity contribution is 5.11. The average molecular weight is 139 g/mol. The summed E-state index contributed by atoms with van der Waals surface area (Å²) in [5.74, 6) is 0. The van der Waals surface area contributed by atoms with Crippen LogP contribution in [0.2, 0.25) is 0 Å². The summed E-state index contributed by atoms with van der Waals surface area (Å²) in [6.07, 6.45) is 8.38. The summed E-state index contributed by atoms with van der Waals surface area (Å²) in [7, 11) is 0. The zero-order valence-corrected chi connectivity index (χ0v) is 6.93. The van der Waals surface area contributed by atoms with E-state index in [2.05, 4.69) is 19.1 Å². The molecular formula is C9H17N.